The van der Waals surface area contributed by atoms with E-state index in [9.17, 15) is 13.2 Å². The van der Waals surface area contributed by atoms with Crippen LogP contribution in [0.5, 0.6) is 0 Å². The molecule has 1 unspecified atom stereocenters. The zero-order chi connectivity index (χ0) is 11.5. The van der Waals surface area contributed by atoms with Gasteiger partial charge in [-0.05, 0) is 19.4 Å². The van der Waals surface area contributed by atoms with Crippen molar-refractivity contribution in [3.8, 4) is 0 Å². The van der Waals surface area contributed by atoms with Crippen molar-refractivity contribution < 1.29 is 18.3 Å². The van der Waals surface area contributed by atoms with E-state index in [0.29, 0.717) is 13.0 Å². The Labute approximate surface area is 89.8 Å². The molecule has 1 atom stereocenters. The minimum atomic E-state index is -3.06. The van der Waals surface area contributed by atoms with E-state index in [2.05, 4.69) is 5.32 Å². The zero-order valence-electron chi connectivity index (χ0n) is 8.82. The van der Waals surface area contributed by atoms with E-state index in [-0.39, 0.29) is 17.9 Å². The molecule has 1 fully saturated rings. The highest BCUT2D eigenvalue weighted by Crippen LogP contribution is 2.26. The Bertz CT molecular complexity index is 338. The Hall–Kier alpha value is -0.620. The van der Waals surface area contributed by atoms with Gasteiger partial charge in [-0.25, -0.2) is 8.42 Å². The first-order chi connectivity index (χ1) is 6.89. The molecule has 6 heteroatoms. The largest absolute Gasteiger partial charge is 0.481 e. The number of sulfone groups is 1. The Morgan fingerprint density at radius 2 is 2.20 bits per heavy atom. The number of carboxylic acids is 1. The molecule has 88 valence electrons. The van der Waals surface area contributed by atoms with E-state index in [1.807, 2.05) is 6.92 Å². The average molecular weight is 235 g/mol. The lowest BCUT2D eigenvalue weighted by atomic mass is 9.94. The number of hydrogen-bond donors (Lipinski definition) is 2. The van der Waals surface area contributed by atoms with Gasteiger partial charge in [-0.1, -0.05) is 6.92 Å². The van der Waals surface area contributed by atoms with Crippen LogP contribution in [0, 0.1) is 0 Å². The number of hydrogen-bond acceptors (Lipinski definition) is 4. The molecule has 0 aromatic heterocycles. The van der Waals surface area contributed by atoms with Crippen LogP contribution in [0.4, 0.5) is 0 Å². The molecule has 1 saturated heterocycles. The number of carboxylic acid groups (broad SMARTS) is 1. The summed E-state index contributed by atoms with van der Waals surface area (Å²) in [6.07, 6.45) is 1.15. The zero-order valence-corrected chi connectivity index (χ0v) is 9.64. The topological polar surface area (TPSA) is 83.5 Å². The molecule has 0 radical (unpaired) electrons. The average Bonchev–Trinajstić information content (AvgIpc) is 2.38. The molecule has 1 aliphatic rings. The molecule has 15 heavy (non-hydrogen) atoms. The quantitative estimate of drug-likeness (QED) is 0.701. The van der Waals surface area contributed by atoms with Gasteiger partial charge in [0.15, 0.2) is 9.84 Å². The van der Waals surface area contributed by atoms with Crippen molar-refractivity contribution in [3.05, 3.63) is 0 Å². The fraction of sp³-hybridized carbons (Fsp3) is 0.889. The molecule has 0 spiro atoms. The molecule has 1 heterocycles. The van der Waals surface area contributed by atoms with Crippen LogP contribution < -0.4 is 5.32 Å². The van der Waals surface area contributed by atoms with Crippen molar-refractivity contribution in [3.63, 3.8) is 0 Å². The van der Waals surface area contributed by atoms with Crippen LogP contribution in [0.2, 0.25) is 0 Å². The first kappa shape index (κ1) is 12.4. The van der Waals surface area contributed by atoms with Crippen molar-refractivity contribution in [2.75, 3.05) is 18.1 Å². The van der Waals surface area contributed by atoms with Crippen LogP contribution in [-0.4, -0.2) is 43.1 Å². The lowest BCUT2D eigenvalue weighted by molar-refractivity contribution is -0.138. The summed E-state index contributed by atoms with van der Waals surface area (Å²) in [7, 11) is -3.06. The first-order valence-electron chi connectivity index (χ1n) is 5.06. The first-order valence-corrected chi connectivity index (χ1v) is 6.88. The Morgan fingerprint density at radius 3 is 2.60 bits per heavy atom. The second kappa shape index (κ2) is 4.49. The molecule has 0 bridgehead atoms. The van der Waals surface area contributed by atoms with Gasteiger partial charge in [-0.15, -0.1) is 0 Å². The summed E-state index contributed by atoms with van der Waals surface area (Å²) in [4.78, 5) is 10.7. The van der Waals surface area contributed by atoms with E-state index in [4.69, 9.17) is 5.11 Å². The van der Waals surface area contributed by atoms with Gasteiger partial charge in [0.05, 0.1) is 17.9 Å². The number of rotatable bonds is 5. The molecule has 0 aliphatic carbocycles. The van der Waals surface area contributed by atoms with Crippen LogP contribution in [-0.2, 0) is 14.6 Å². The van der Waals surface area contributed by atoms with Crippen molar-refractivity contribution in [1.29, 1.82) is 0 Å². The van der Waals surface area contributed by atoms with Gasteiger partial charge in [-0.2, -0.15) is 0 Å². The van der Waals surface area contributed by atoms with E-state index in [1.54, 1.807) is 0 Å². The smallest absolute Gasteiger partial charge is 0.305 e. The van der Waals surface area contributed by atoms with Crippen LogP contribution in [0.25, 0.3) is 0 Å². The van der Waals surface area contributed by atoms with Crippen molar-refractivity contribution >= 4 is 15.8 Å². The number of nitrogens with one attached hydrogen (secondary N) is 1. The number of aliphatic carboxylic acids is 1. The van der Waals surface area contributed by atoms with Crippen LogP contribution >= 0.6 is 0 Å². The van der Waals surface area contributed by atoms with Gasteiger partial charge in [0, 0.05) is 5.54 Å². The molecule has 1 rings (SSSR count). The molecular formula is C9H17NO4S. The monoisotopic (exact) mass is 235 g/mol. The summed E-state index contributed by atoms with van der Waals surface area (Å²) in [5, 5.41) is 11.8. The molecule has 0 aromatic rings. The molecule has 5 nitrogen and oxygen atoms in total. The lowest BCUT2D eigenvalue weighted by Gasteiger charge is -2.27. The summed E-state index contributed by atoms with van der Waals surface area (Å²) < 4.78 is 22.7. The lowest BCUT2D eigenvalue weighted by Crippen LogP contribution is -2.48. The third-order valence-electron chi connectivity index (χ3n) is 2.63. The molecular weight excluding hydrogens is 218 g/mol. The highest BCUT2D eigenvalue weighted by molar-refractivity contribution is 7.91. The Morgan fingerprint density at radius 1 is 1.53 bits per heavy atom. The minimum absolute atomic E-state index is 0.0493. The Kier molecular flexibility index (Phi) is 3.72. The third-order valence-corrected chi connectivity index (χ3v) is 4.45. The van der Waals surface area contributed by atoms with Crippen molar-refractivity contribution in [2.45, 2.75) is 31.7 Å². The maximum Gasteiger partial charge on any atom is 0.305 e. The second-order valence-corrected chi connectivity index (χ2v) is 6.30. The summed E-state index contributed by atoms with van der Waals surface area (Å²) in [5.74, 6) is -0.903. The van der Waals surface area contributed by atoms with Gasteiger partial charge in [0.2, 0.25) is 0 Å². The van der Waals surface area contributed by atoms with E-state index in [1.165, 1.54) is 0 Å². The summed E-state index contributed by atoms with van der Waals surface area (Å²) in [6, 6.07) is 0. The summed E-state index contributed by atoms with van der Waals surface area (Å²) >= 11 is 0. The summed E-state index contributed by atoms with van der Waals surface area (Å²) in [6.45, 7) is 2.62. The number of carbonyl (C=O) groups is 1. The fourth-order valence-electron chi connectivity index (χ4n) is 1.94. The fourth-order valence-corrected chi connectivity index (χ4v) is 3.97. The van der Waals surface area contributed by atoms with Gasteiger partial charge in [0.25, 0.3) is 0 Å². The van der Waals surface area contributed by atoms with Gasteiger partial charge in [0.1, 0.15) is 0 Å². The van der Waals surface area contributed by atoms with Crippen molar-refractivity contribution in [2.24, 2.45) is 0 Å². The molecule has 0 amide bonds. The predicted molar refractivity (Wildman–Crippen MR) is 56.5 cm³/mol. The maximum atomic E-state index is 11.4. The Balaban J connectivity index is 2.74. The highest BCUT2D eigenvalue weighted by atomic mass is 32.2. The van der Waals surface area contributed by atoms with Crippen LogP contribution in [0.15, 0.2) is 0 Å². The molecule has 0 saturated carbocycles. The van der Waals surface area contributed by atoms with Crippen molar-refractivity contribution in [1.82, 2.24) is 5.32 Å². The molecule has 0 aromatic carbocycles. The van der Waals surface area contributed by atoms with Gasteiger partial charge < -0.3 is 10.4 Å². The highest BCUT2D eigenvalue weighted by Gasteiger charge is 2.43. The normalized spacial score (nSPS) is 29.1. The predicted octanol–water partition coefficient (Wildman–Crippen LogP) is 0.0180. The van der Waals surface area contributed by atoms with E-state index < -0.39 is 21.3 Å². The van der Waals surface area contributed by atoms with E-state index in [0.717, 1.165) is 6.42 Å². The van der Waals surface area contributed by atoms with Crippen LogP contribution in [0.1, 0.15) is 26.2 Å². The third kappa shape index (κ3) is 3.46. The maximum absolute atomic E-state index is 11.4. The SMILES string of the molecule is CCCNC1(CC(=O)O)CCS(=O)(=O)C1. The second-order valence-electron chi connectivity index (χ2n) is 4.12. The van der Waals surface area contributed by atoms with E-state index >= 15 is 0 Å². The van der Waals surface area contributed by atoms with Gasteiger partial charge >= 0.3 is 5.97 Å². The molecule has 2 N–H and O–H groups in total. The van der Waals surface area contributed by atoms with Gasteiger partial charge in [-0.3, -0.25) is 4.79 Å². The molecule has 1 aliphatic heterocycles. The standard InChI is InChI=1S/C9H17NO4S/c1-2-4-10-9(6-8(11)12)3-5-15(13,14)7-9/h10H,2-7H2,1H3,(H,11,12). The summed E-state index contributed by atoms with van der Waals surface area (Å²) in [5.41, 5.74) is -0.735. The minimum Gasteiger partial charge on any atom is -0.481 e. The van der Waals surface area contributed by atoms with Crippen LogP contribution in [0.3, 0.4) is 0 Å².